The number of aromatic nitrogens is 4. The first-order valence-corrected chi connectivity index (χ1v) is 11.2. The van der Waals surface area contributed by atoms with Gasteiger partial charge in [0.25, 0.3) is 5.91 Å². The Hall–Kier alpha value is -4.81. The number of aliphatic hydroxyl groups excluding tert-OH is 1. The van der Waals surface area contributed by atoms with Crippen LogP contribution in [0.1, 0.15) is 17.5 Å². The normalized spacial score (nSPS) is 10.7. The highest BCUT2D eigenvalue weighted by atomic mass is 19.1. The molecule has 1 amide bonds. The van der Waals surface area contributed by atoms with Crippen LogP contribution in [0, 0.1) is 17.7 Å². The van der Waals surface area contributed by atoms with E-state index in [1.807, 2.05) is 28.9 Å². The van der Waals surface area contributed by atoms with Crippen LogP contribution >= 0.6 is 0 Å². The number of carbonyl (C=O) groups is 1. The van der Waals surface area contributed by atoms with E-state index in [1.54, 1.807) is 36.5 Å². The molecule has 0 atom stereocenters. The second-order valence-corrected chi connectivity index (χ2v) is 8.02. The van der Waals surface area contributed by atoms with Gasteiger partial charge in [-0.25, -0.2) is 19.3 Å². The zero-order chi connectivity index (χ0) is 24.9. The highest BCUT2D eigenvalue weighted by Crippen LogP contribution is 2.27. The quantitative estimate of drug-likeness (QED) is 0.317. The van der Waals surface area contributed by atoms with Gasteiger partial charge in [0, 0.05) is 48.2 Å². The summed E-state index contributed by atoms with van der Waals surface area (Å²) in [4.78, 5) is 24.8. The lowest BCUT2D eigenvalue weighted by molar-refractivity contribution is -0.111. The highest BCUT2D eigenvalue weighted by molar-refractivity contribution is 6.05. The third-order valence-corrected chi connectivity index (χ3v) is 5.50. The Kier molecular flexibility index (Phi) is 6.51. The maximum Gasteiger partial charge on any atom is 0.300 e. The molecule has 0 aliphatic carbocycles. The number of pyridine rings is 1. The number of halogens is 1. The van der Waals surface area contributed by atoms with Crippen LogP contribution in [0.3, 0.4) is 0 Å². The van der Waals surface area contributed by atoms with Gasteiger partial charge >= 0.3 is 0 Å². The van der Waals surface area contributed by atoms with Crippen molar-refractivity contribution in [1.29, 1.82) is 0 Å². The number of hydrogen-bond acceptors (Lipinski definition) is 6. The van der Waals surface area contributed by atoms with Crippen LogP contribution in [-0.2, 0) is 11.2 Å². The van der Waals surface area contributed by atoms with Crippen molar-refractivity contribution in [3.05, 3.63) is 90.4 Å². The van der Waals surface area contributed by atoms with Gasteiger partial charge in [-0.3, -0.25) is 4.79 Å². The number of benzene rings is 2. The number of fused-ring (bicyclic) bond motifs is 2. The molecule has 0 saturated heterocycles. The van der Waals surface area contributed by atoms with Gasteiger partial charge in [-0.05, 0) is 59.5 Å². The molecule has 0 saturated carbocycles. The fraction of sp³-hybridized carbons (Fsp3) is 0.111. The van der Waals surface area contributed by atoms with Gasteiger partial charge in [0.1, 0.15) is 23.6 Å². The second-order valence-electron chi connectivity index (χ2n) is 8.02. The summed E-state index contributed by atoms with van der Waals surface area (Å²) in [6.45, 7) is -0.106. The fourth-order valence-corrected chi connectivity index (χ4v) is 3.78. The Morgan fingerprint density at radius 1 is 1.03 bits per heavy atom. The molecule has 0 spiro atoms. The van der Waals surface area contributed by atoms with Crippen molar-refractivity contribution in [2.24, 2.45) is 0 Å². The molecule has 5 rings (SSSR count). The first-order chi connectivity index (χ1) is 17.6. The van der Waals surface area contributed by atoms with Gasteiger partial charge in [0.15, 0.2) is 0 Å². The summed E-state index contributed by atoms with van der Waals surface area (Å²) in [5.74, 6) is 4.64. The third-order valence-electron chi connectivity index (χ3n) is 5.50. The SMILES string of the molecule is O=C(C#CCCO)Nc1ccc2ncnc(Nc3ccc(Cc4ccn5ccnc5c4)c(F)c3)c2c1. The van der Waals surface area contributed by atoms with Gasteiger partial charge in [-0.15, -0.1) is 0 Å². The Morgan fingerprint density at radius 2 is 1.92 bits per heavy atom. The Labute approximate surface area is 205 Å². The van der Waals surface area contributed by atoms with Crippen molar-refractivity contribution in [1.82, 2.24) is 19.4 Å². The molecule has 0 aliphatic heterocycles. The zero-order valence-electron chi connectivity index (χ0n) is 19.1. The monoisotopic (exact) mass is 480 g/mol. The molecular weight excluding hydrogens is 459 g/mol. The highest BCUT2D eigenvalue weighted by Gasteiger charge is 2.10. The van der Waals surface area contributed by atoms with E-state index in [-0.39, 0.29) is 18.8 Å². The van der Waals surface area contributed by atoms with Crippen LogP contribution in [0.2, 0.25) is 0 Å². The van der Waals surface area contributed by atoms with E-state index in [0.29, 0.717) is 40.1 Å². The van der Waals surface area contributed by atoms with Gasteiger partial charge in [-0.1, -0.05) is 12.0 Å². The van der Waals surface area contributed by atoms with Crippen molar-refractivity contribution in [2.75, 3.05) is 17.2 Å². The van der Waals surface area contributed by atoms with E-state index in [0.717, 1.165) is 11.2 Å². The number of anilines is 3. The maximum atomic E-state index is 15.0. The summed E-state index contributed by atoms with van der Waals surface area (Å²) in [5.41, 5.74) is 4.05. The summed E-state index contributed by atoms with van der Waals surface area (Å²) < 4.78 is 16.9. The largest absolute Gasteiger partial charge is 0.395 e. The van der Waals surface area contributed by atoms with Gasteiger partial charge in [-0.2, -0.15) is 0 Å². The van der Waals surface area contributed by atoms with Crippen molar-refractivity contribution >= 4 is 39.6 Å². The van der Waals surface area contributed by atoms with E-state index in [9.17, 15) is 9.18 Å². The van der Waals surface area contributed by atoms with Gasteiger partial charge < -0.3 is 20.1 Å². The van der Waals surface area contributed by atoms with E-state index in [1.165, 1.54) is 12.4 Å². The van der Waals surface area contributed by atoms with Crippen molar-refractivity contribution in [3.8, 4) is 11.8 Å². The molecule has 5 aromatic rings. The molecule has 0 radical (unpaired) electrons. The zero-order valence-corrected chi connectivity index (χ0v) is 19.1. The molecule has 0 unspecified atom stereocenters. The minimum absolute atomic E-state index is 0.106. The number of hydrogen-bond donors (Lipinski definition) is 3. The number of rotatable bonds is 6. The number of carbonyl (C=O) groups excluding carboxylic acids is 1. The van der Waals surface area contributed by atoms with Crippen molar-refractivity contribution in [3.63, 3.8) is 0 Å². The Morgan fingerprint density at radius 3 is 2.78 bits per heavy atom. The van der Waals surface area contributed by atoms with Crippen LogP contribution in [0.15, 0.2) is 73.4 Å². The van der Waals surface area contributed by atoms with Crippen LogP contribution < -0.4 is 10.6 Å². The van der Waals surface area contributed by atoms with E-state index >= 15 is 0 Å². The number of amides is 1. The summed E-state index contributed by atoms with van der Waals surface area (Å²) in [7, 11) is 0. The topological polar surface area (TPSA) is 104 Å². The van der Waals surface area contributed by atoms with E-state index in [2.05, 4.69) is 37.4 Å². The van der Waals surface area contributed by atoms with Crippen LogP contribution in [0.4, 0.5) is 21.6 Å². The predicted molar refractivity (Wildman–Crippen MR) is 135 cm³/mol. The van der Waals surface area contributed by atoms with Crippen molar-refractivity contribution in [2.45, 2.75) is 12.8 Å². The summed E-state index contributed by atoms with van der Waals surface area (Å²) >= 11 is 0. The second kappa shape index (κ2) is 10.2. The molecule has 9 heteroatoms. The number of imidazole rings is 1. The van der Waals surface area contributed by atoms with Gasteiger partial charge in [0.2, 0.25) is 0 Å². The lowest BCUT2D eigenvalue weighted by Crippen LogP contribution is -2.08. The smallest absolute Gasteiger partial charge is 0.300 e. The lowest BCUT2D eigenvalue weighted by atomic mass is 10.0. The standard InChI is InChI=1S/C27H21FN6O2/c28-23-16-21(5-4-19(23)13-18-8-10-34-11-9-29-25(34)14-18)33-27-22-15-20(6-7-24(22)30-17-31-27)32-26(36)3-1-2-12-35/h4-11,14-17,35H,2,12-13H2,(H,32,36)(H,30,31,33). The van der Waals surface area contributed by atoms with Crippen molar-refractivity contribution < 1.29 is 14.3 Å². The lowest BCUT2D eigenvalue weighted by Gasteiger charge is -2.11. The molecule has 8 nitrogen and oxygen atoms in total. The average molecular weight is 481 g/mol. The van der Waals surface area contributed by atoms with Gasteiger partial charge in [0.05, 0.1) is 12.1 Å². The Bertz CT molecular complexity index is 1640. The summed E-state index contributed by atoms with van der Waals surface area (Å²) in [6.07, 6.45) is 7.57. The molecule has 0 bridgehead atoms. The average Bonchev–Trinajstić information content (AvgIpc) is 3.34. The molecule has 3 aromatic heterocycles. The number of aliphatic hydroxyl groups is 1. The molecule has 3 heterocycles. The number of nitrogens with zero attached hydrogens (tertiary/aromatic N) is 4. The molecular formula is C27H21FN6O2. The van der Waals surface area contributed by atoms with Crippen LogP contribution in [0.25, 0.3) is 16.6 Å². The molecule has 2 aromatic carbocycles. The molecule has 178 valence electrons. The predicted octanol–water partition coefficient (Wildman–Crippen LogP) is 4.08. The maximum absolute atomic E-state index is 15.0. The van der Waals surface area contributed by atoms with E-state index in [4.69, 9.17) is 5.11 Å². The molecule has 3 N–H and O–H groups in total. The first kappa shape index (κ1) is 23.0. The molecule has 36 heavy (non-hydrogen) atoms. The molecule has 0 aliphatic rings. The number of nitrogens with one attached hydrogen (secondary N) is 2. The van der Waals surface area contributed by atoms with Crippen LogP contribution in [0.5, 0.6) is 0 Å². The summed E-state index contributed by atoms with van der Waals surface area (Å²) in [5, 5.41) is 15.3. The third kappa shape index (κ3) is 5.14. The van der Waals surface area contributed by atoms with Crippen LogP contribution in [-0.4, -0.2) is 37.0 Å². The van der Waals surface area contributed by atoms with E-state index < -0.39 is 5.91 Å². The Balaban J connectivity index is 1.35. The minimum Gasteiger partial charge on any atom is -0.395 e. The molecule has 0 fully saturated rings. The summed E-state index contributed by atoms with van der Waals surface area (Å²) in [6, 6.07) is 14.0. The minimum atomic E-state index is -0.487. The fourth-order valence-electron chi connectivity index (χ4n) is 3.78. The first-order valence-electron chi connectivity index (χ1n) is 11.2.